The number of H-pyrrole nitrogens is 1. The van der Waals surface area contributed by atoms with Crippen molar-refractivity contribution in [2.24, 2.45) is 0 Å². The second kappa shape index (κ2) is 5.95. The van der Waals surface area contributed by atoms with Gasteiger partial charge in [0, 0.05) is 0 Å². The summed E-state index contributed by atoms with van der Waals surface area (Å²) in [5.41, 5.74) is 0.666. The van der Waals surface area contributed by atoms with Crippen molar-refractivity contribution in [3.05, 3.63) is 63.2 Å². The normalized spacial score (nSPS) is 11.8. The lowest BCUT2D eigenvalue weighted by atomic mass is 10.2. The molecule has 0 spiro atoms. The molecule has 0 aliphatic carbocycles. The van der Waals surface area contributed by atoms with E-state index in [1.165, 1.54) is 18.2 Å². The lowest BCUT2D eigenvalue weighted by molar-refractivity contribution is 0.404. The van der Waals surface area contributed by atoms with E-state index in [0.29, 0.717) is 16.5 Å². The van der Waals surface area contributed by atoms with Crippen molar-refractivity contribution in [2.45, 2.75) is 0 Å². The summed E-state index contributed by atoms with van der Waals surface area (Å²) < 4.78 is 0. The highest BCUT2D eigenvalue weighted by Crippen LogP contribution is 2.35. The third kappa shape index (κ3) is 3.02. The Hall–Kier alpha value is -2.50. The molecule has 0 amide bonds. The molecule has 5 nitrogen and oxygen atoms in total. The van der Waals surface area contributed by atoms with Crippen LogP contribution in [-0.4, -0.2) is 20.2 Å². The number of hydrogen-bond donors (Lipinski definition) is 3. The highest BCUT2D eigenvalue weighted by molar-refractivity contribution is 6.50. The summed E-state index contributed by atoms with van der Waals surface area (Å²) in [7, 11) is 0. The number of rotatable bonds is 2. The fourth-order valence-electron chi connectivity index (χ4n) is 2.10. The quantitative estimate of drug-likeness (QED) is 0.616. The van der Waals surface area contributed by atoms with E-state index >= 15 is 0 Å². The zero-order valence-corrected chi connectivity index (χ0v) is 13.1. The molecule has 1 heterocycles. The van der Waals surface area contributed by atoms with Gasteiger partial charge in [-0.3, -0.25) is 4.79 Å². The monoisotopic (exact) mass is 348 g/mol. The second-order valence-electron chi connectivity index (χ2n) is 4.79. The highest BCUT2D eigenvalue weighted by Gasteiger charge is 2.09. The van der Waals surface area contributed by atoms with Crippen molar-refractivity contribution in [1.29, 1.82) is 0 Å². The van der Waals surface area contributed by atoms with E-state index < -0.39 is 5.75 Å². The summed E-state index contributed by atoms with van der Waals surface area (Å²) in [6.07, 6.45) is 1.47. The fourth-order valence-corrected chi connectivity index (χ4v) is 2.54. The van der Waals surface area contributed by atoms with E-state index in [9.17, 15) is 15.0 Å². The van der Waals surface area contributed by atoms with Gasteiger partial charge in [-0.05, 0) is 35.9 Å². The number of phenolic OH excluding ortho intramolecular Hbond substituents is 2. The standard InChI is InChI=1S/C16H10Cl2N2O3/c17-10-5-8(7-13(21)14(10)22)6-11(18)15-19-12-4-2-1-3-9(12)16(23)20-15/h1-7,21-22H,(H,19,20,23). The average Bonchev–Trinajstić information content (AvgIpc) is 2.52. The van der Waals surface area contributed by atoms with Crippen LogP contribution in [0, 0.1) is 0 Å². The number of benzene rings is 2. The van der Waals surface area contributed by atoms with E-state index in [-0.39, 0.29) is 27.2 Å². The van der Waals surface area contributed by atoms with Crippen molar-refractivity contribution in [2.75, 3.05) is 0 Å². The van der Waals surface area contributed by atoms with Gasteiger partial charge in [-0.15, -0.1) is 0 Å². The molecule has 3 N–H and O–H groups in total. The van der Waals surface area contributed by atoms with Gasteiger partial charge in [0.05, 0.1) is 21.0 Å². The molecule has 1 aromatic heterocycles. The fraction of sp³-hybridized carbons (Fsp3) is 0. The maximum absolute atomic E-state index is 12.0. The minimum absolute atomic E-state index is 0.0133. The van der Waals surface area contributed by atoms with Crippen LogP contribution in [0.1, 0.15) is 11.4 Å². The number of nitrogens with zero attached hydrogens (tertiary/aromatic N) is 1. The molecule has 3 aromatic rings. The first kappa shape index (κ1) is 15.4. The Kier molecular flexibility index (Phi) is 3.98. The molecule has 0 radical (unpaired) electrons. The number of aromatic nitrogens is 2. The van der Waals surface area contributed by atoms with Crippen molar-refractivity contribution in [3.63, 3.8) is 0 Å². The lowest BCUT2D eigenvalue weighted by Crippen LogP contribution is -2.10. The summed E-state index contributed by atoms with van der Waals surface area (Å²) >= 11 is 12.0. The Bertz CT molecular complexity index is 973. The molecule has 3 rings (SSSR count). The third-order valence-electron chi connectivity index (χ3n) is 3.20. The summed E-state index contributed by atoms with van der Waals surface area (Å²) in [6, 6.07) is 9.62. The van der Waals surface area contributed by atoms with E-state index in [4.69, 9.17) is 23.2 Å². The number of phenols is 2. The van der Waals surface area contributed by atoms with Crippen LogP contribution in [0.2, 0.25) is 5.02 Å². The molecule has 0 fully saturated rings. The Labute approximate surface area is 140 Å². The van der Waals surface area contributed by atoms with E-state index in [2.05, 4.69) is 9.97 Å². The molecular formula is C16H10Cl2N2O3. The van der Waals surface area contributed by atoms with Gasteiger partial charge in [-0.2, -0.15) is 0 Å². The molecule has 0 saturated heterocycles. The summed E-state index contributed by atoms with van der Waals surface area (Å²) in [4.78, 5) is 18.9. The van der Waals surface area contributed by atoms with Crippen LogP contribution in [0.5, 0.6) is 11.5 Å². The first-order valence-electron chi connectivity index (χ1n) is 6.54. The maximum Gasteiger partial charge on any atom is 0.259 e. The van der Waals surface area contributed by atoms with Crippen LogP contribution in [0.3, 0.4) is 0 Å². The van der Waals surface area contributed by atoms with Gasteiger partial charge >= 0.3 is 0 Å². The predicted octanol–water partition coefficient (Wildman–Crippen LogP) is 3.72. The van der Waals surface area contributed by atoms with Crippen LogP contribution in [0.15, 0.2) is 41.2 Å². The molecule has 0 atom stereocenters. The SMILES string of the molecule is O=c1[nH]c(C(Cl)=Cc2cc(O)c(O)c(Cl)c2)nc2ccccc12. The molecule has 116 valence electrons. The Morgan fingerprint density at radius 1 is 1.22 bits per heavy atom. The summed E-state index contributed by atoms with van der Waals surface area (Å²) in [5, 5.41) is 19.6. The van der Waals surface area contributed by atoms with E-state index in [1.54, 1.807) is 24.3 Å². The zero-order chi connectivity index (χ0) is 16.6. The van der Waals surface area contributed by atoms with Gasteiger partial charge in [0.15, 0.2) is 17.3 Å². The summed E-state index contributed by atoms with van der Waals surface area (Å²) in [5.74, 6) is -0.579. The molecule has 0 unspecified atom stereocenters. The zero-order valence-electron chi connectivity index (χ0n) is 11.5. The maximum atomic E-state index is 12.0. The Balaban J connectivity index is 2.10. The molecule has 2 aromatic carbocycles. The smallest absolute Gasteiger partial charge is 0.259 e. The van der Waals surface area contributed by atoms with Crippen molar-refractivity contribution in [1.82, 2.24) is 9.97 Å². The number of nitrogens with one attached hydrogen (secondary N) is 1. The van der Waals surface area contributed by atoms with Gasteiger partial charge < -0.3 is 15.2 Å². The molecule has 7 heteroatoms. The first-order chi connectivity index (χ1) is 11.0. The van der Waals surface area contributed by atoms with Crippen LogP contribution < -0.4 is 5.56 Å². The van der Waals surface area contributed by atoms with E-state index in [1.807, 2.05) is 0 Å². The van der Waals surface area contributed by atoms with Gasteiger partial charge in [0.1, 0.15) is 0 Å². The minimum Gasteiger partial charge on any atom is -0.504 e. The van der Waals surface area contributed by atoms with Crippen LogP contribution in [0.4, 0.5) is 0 Å². The Morgan fingerprint density at radius 3 is 2.70 bits per heavy atom. The van der Waals surface area contributed by atoms with Crippen molar-refractivity contribution < 1.29 is 10.2 Å². The molecule has 0 aliphatic heterocycles. The Morgan fingerprint density at radius 2 is 1.96 bits per heavy atom. The van der Waals surface area contributed by atoms with Crippen molar-refractivity contribution in [3.8, 4) is 11.5 Å². The predicted molar refractivity (Wildman–Crippen MR) is 90.9 cm³/mol. The van der Waals surface area contributed by atoms with Gasteiger partial charge in [-0.25, -0.2) is 4.98 Å². The van der Waals surface area contributed by atoms with Gasteiger partial charge in [0.25, 0.3) is 5.56 Å². The number of aromatic hydroxyl groups is 2. The third-order valence-corrected chi connectivity index (χ3v) is 3.77. The number of para-hydroxylation sites is 1. The molecule has 0 aliphatic rings. The number of aromatic amines is 1. The lowest BCUT2D eigenvalue weighted by Gasteiger charge is -2.04. The first-order valence-corrected chi connectivity index (χ1v) is 7.29. The van der Waals surface area contributed by atoms with Crippen molar-refractivity contribution >= 4 is 45.2 Å². The average molecular weight is 349 g/mol. The van der Waals surface area contributed by atoms with Crippen LogP contribution in [-0.2, 0) is 0 Å². The minimum atomic E-state index is -0.405. The topological polar surface area (TPSA) is 86.2 Å². The number of halogens is 2. The number of hydrogen-bond acceptors (Lipinski definition) is 4. The van der Waals surface area contributed by atoms with Crippen LogP contribution in [0.25, 0.3) is 22.0 Å². The largest absolute Gasteiger partial charge is 0.504 e. The van der Waals surface area contributed by atoms with Gasteiger partial charge in [-0.1, -0.05) is 35.3 Å². The van der Waals surface area contributed by atoms with E-state index in [0.717, 1.165) is 0 Å². The highest BCUT2D eigenvalue weighted by atomic mass is 35.5. The molecular weight excluding hydrogens is 339 g/mol. The van der Waals surface area contributed by atoms with Crippen LogP contribution >= 0.6 is 23.2 Å². The second-order valence-corrected chi connectivity index (χ2v) is 5.61. The molecule has 23 heavy (non-hydrogen) atoms. The summed E-state index contributed by atoms with van der Waals surface area (Å²) in [6.45, 7) is 0. The number of fused-ring (bicyclic) bond motifs is 1. The van der Waals surface area contributed by atoms with Gasteiger partial charge in [0.2, 0.25) is 0 Å². The molecule has 0 saturated carbocycles. The molecule has 0 bridgehead atoms.